The van der Waals surface area contributed by atoms with Crippen molar-refractivity contribution in [3.8, 4) is 11.3 Å². The summed E-state index contributed by atoms with van der Waals surface area (Å²) in [5.41, 5.74) is 2.14. The zero-order valence-corrected chi connectivity index (χ0v) is 13.7. The summed E-state index contributed by atoms with van der Waals surface area (Å²) in [5, 5.41) is 15.2. The Labute approximate surface area is 143 Å². The highest BCUT2D eigenvalue weighted by atomic mass is 35.5. The predicted octanol–water partition coefficient (Wildman–Crippen LogP) is 3.58. The van der Waals surface area contributed by atoms with Crippen molar-refractivity contribution in [3.63, 3.8) is 0 Å². The Balaban J connectivity index is 1.71. The summed E-state index contributed by atoms with van der Waals surface area (Å²) in [6.45, 7) is 2.00. The molecule has 0 spiro atoms. The molecule has 1 saturated heterocycles. The lowest BCUT2D eigenvalue weighted by molar-refractivity contribution is 0.478. The van der Waals surface area contributed by atoms with Gasteiger partial charge in [-0.05, 0) is 50.2 Å². The van der Waals surface area contributed by atoms with Crippen LogP contribution in [0.2, 0.25) is 5.02 Å². The number of H-pyrrole nitrogens is 1. The van der Waals surface area contributed by atoms with Crippen LogP contribution in [0.1, 0.15) is 12.8 Å². The third-order valence-corrected chi connectivity index (χ3v) is 4.63. The first-order valence-corrected chi connectivity index (χ1v) is 8.35. The molecule has 0 bridgehead atoms. The topological polar surface area (TPSA) is 65.6 Å². The number of halogens is 2. The van der Waals surface area contributed by atoms with E-state index in [0.29, 0.717) is 22.1 Å². The van der Waals surface area contributed by atoms with Crippen molar-refractivity contribution >= 4 is 28.3 Å². The summed E-state index contributed by atoms with van der Waals surface area (Å²) in [6.07, 6.45) is 3.71. The van der Waals surface area contributed by atoms with Crippen LogP contribution in [-0.2, 0) is 0 Å². The number of aromatic amines is 1. The number of rotatable bonds is 3. The molecule has 3 aromatic rings. The molecule has 4 rings (SSSR count). The maximum absolute atomic E-state index is 13.6. The molecule has 2 aromatic heterocycles. The Hall–Kier alpha value is -2.18. The first-order valence-electron chi connectivity index (χ1n) is 7.97. The standard InChI is InChI=1S/C17H17ClFN5/c18-14-9-21-16(22-11-3-5-20-6-4-11)8-12(14)17-13-7-10(19)1-2-15(13)23-24-17/h1-2,7-9,11,20H,3-6H2,(H,21,22)(H,23,24). The molecule has 1 aliphatic heterocycles. The second-order valence-corrected chi connectivity index (χ2v) is 6.39. The van der Waals surface area contributed by atoms with Gasteiger partial charge in [-0.2, -0.15) is 5.10 Å². The lowest BCUT2D eigenvalue weighted by atomic mass is 10.1. The number of hydrogen-bond donors (Lipinski definition) is 3. The van der Waals surface area contributed by atoms with Crippen molar-refractivity contribution < 1.29 is 4.39 Å². The SMILES string of the molecule is Fc1ccc2[nH]nc(-c3cc(NC4CCNCC4)ncc3Cl)c2c1. The van der Waals surface area contributed by atoms with Crippen molar-refractivity contribution in [3.05, 3.63) is 41.3 Å². The van der Waals surface area contributed by atoms with Crippen LogP contribution < -0.4 is 10.6 Å². The predicted molar refractivity (Wildman–Crippen MR) is 93.8 cm³/mol. The minimum atomic E-state index is -0.302. The molecular weight excluding hydrogens is 329 g/mol. The molecule has 7 heteroatoms. The first kappa shape index (κ1) is 15.4. The lowest BCUT2D eigenvalue weighted by Gasteiger charge is -2.24. The number of benzene rings is 1. The van der Waals surface area contributed by atoms with Crippen molar-refractivity contribution in [2.75, 3.05) is 18.4 Å². The van der Waals surface area contributed by atoms with Crippen LogP contribution in [0.15, 0.2) is 30.5 Å². The van der Waals surface area contributed by atoms with E-state index in [-0.39, 0.29) is 5.82 Å². The second-order valence-electron chi connectivity index (χ2n) is 5.98. The molecule has 0 unspecified atom stereocenters. The van der Waals surface area contributed by atoms with Gasteiger partial charge < -0.3 is 10.6 Å². The van der Waals surface area contributed by atoms with Crippen molar-refractivity contribution in [1.29, 1.82) is 0 Å². The maximum Gasteiger partial charge on any atom is 0.126 e. The molecule has 0 aliphatic carbocycles. The highest BCUT2D eigenvalue weighted by Crippen LogP contribution is 2.33. The molecule has 1 fully saturated rings. The molecule has 24 heavy (non-hydrogen) atoms. The van der Waals surface area contributed by atoms with Gasteiger partial charge in [-0.15, -0.1) is 0 Å². The zero-order chi connectivity index (χ0) is 16.5. The van der Waals surface area contributed by atoms with Crippen molar-refractivity contribution in [2.45, 2.75) is 18.9 Å². The van der Waals surface area contributed by atoms with Crippen LogP contribution in [0.25, 0.3) is 22.2 Å². The Bertz CT molecular complexity index is 873. The van der Waals surface area contributed by atoms with Crippen LogP contribution in [0, 0.1) is 5.82 Å². The molecule has 1 aliphatic rings. The number of hydrogen-bond acceptors (Lipinski definition) is 4. The third kappa shape index (κ3) is 2.95. The second kappa shape index (κ2) is 6.37. The number of piperidine rings is 1. The summed E-state index contributed by atoms with van der Waals surface area (Å²) < 4.78 is 13.6. The van der Waals surface area contributed by atoms with Gasteiger partial charge in [-0.25, -0.2) is 9.37 Å². The fraction of sp³-hybridized carbons (Fsp3) is 0.294. The largest absolute Gasteiger partial charge is 0.367 e. The molecular formula is C17H17ClFN5. The number of aromatic nitrogens is 3. The molecule has 3 N–H and O–H groups in total. The third-order valence-electron chi connectivity index (χ3n) is 4.33. The number of nitrogens with one attached hydrogen (secondary N) is 3. The number of pyridine rings is 1. The van der Waals surface area contributed by atoms with Crippen LogP contribution in [-0.4, -0.2) is 34.3 Å². The van der Waals surface area contributed by atoms with Gasteiger partial charge in [0.2, 0.25) is 0 Å². The minimum Gasteiger partial charge on any atom is -0.367 e. The minimum absolute atomic E-state index is 0.302. The maximum atomic E-state index is 13.6. The highest BCUT2D eigenvalue weighted by Gasteiger charge is 2.16. The molecule has 5 nitrogen and oxygen atoms in total. The van der Waals surface area contributed by atoms with Gasteiger partial charge in [-0.3, -0.25) is 5.10 Å². The van der Waals surface area contributed by atoms with Gasteiger partial charge in [0, 0.05) is 23.2 Å². The van der Waals surface area contributed by atoms with E-state index >= 15 is 0 Å². The summed E-state index contributed by atoms with van der Waals surface area (Å²) in [5.74, 6) is 0.456. The lowest BCUT2D eigenvalue weighted by Crippen LogP contribution is -2.35. The Kier molecular flexibility index (Phi) is 4.08. The normalized spacial score (nSPS) is 15.8. The molecule has 124 valence electrons. The highest BCUT2D eigenvalue weighted by molar-refractivity contribution is 6.33. The van der Waals surface area contributed by atoms with Gasteiger partial charge >= 0.3 is 0 Å². The fourth-order valence-corrected chi connectivity index (χ4v) is 3.26. The van der Waals surface area contributed by atoms with E-state index in [1.165, 1.54) is 12.1 Å². The van der Waals surface area contributed by atoms with Gasteiger partial charge in [0.15, 0.2) is 0 Å². The molecule has 3 heterocycles. The van der Waals surface area contributed by atoms with E-state index in [0.717, 1.165) is 42.8 Å². The van der Waals surface area contributed by atoms with E-state index in [2.05, 4.69) is 25.8 Å². The van der Waals surface area contributed by atoms with Crippen LogP contribution in [0.5, 0.6) is 0 Å². The Morgan fingerprint density at radius 2 is 2.04 bits per heavy atom. The Morgan fingerprint density at radius 3 is 2.88 bits per heavy atom. The van der Waals surface area contributed by atoms with Crippen molar-refractivity contribution in [2.24, 2.45) is 0 Å². The van der Waals surface area contributed by atoms with Gasteiger partial charge in [0.25, 0.3) is 0 Å². The van der Waals surface area contributed by atoms with Crippen LogP contribution in [0.4, 0.5) is 10.2 Å². The summed E-state index contributed by atoms with van der Waals surface area (Å²) in [7, 11) is 0. The fourth-order valence-electron chi connectivity index (χ4n) is 3.07. The Morgan fingerprint density at radius 1 is 1.21 bits per heavy atom. The van der Waals surface area contributed by atoms with E-state index in [4.69, 9.17) is 11.6 Å². The van der Waals surface area contributed by atoms with Gasteiger partial charge in [0.05, 0.1) is 10.5 Å². The number of nitrogens with zero attached hydrogens (tertiary/aromatic N) is 2. The molecule has 0 amide bonds. The summed E-state index contributed by atoms with van der Waals surface area (Å²) in [4.78, 5) is 4.37. The average Bonchev–Trinajstić information content (AvgIpc) is 3.00. The number of anilines is 1. The van der Waals surface area contributed by atoms with Crippen LogP contribution in [0.3, 0.4) is 0 Å². The van der Waals surface area contributed by atoms with Gasteiger partial charge in [0.1, 0.15) is 17.3 Å². The van der Waals surface area contributed by atoms with E-state index in [1.807, 2.05) is 6.07 Å². The summed E-state index contributed by atoms with van der Waals surface area (Å²) in [6, 6.07) is 6.81. The smallest absolute Gasteiger partial charge is 0.126 e. The van der Waals surface area contributed by atoms with E-state index in [1.54, 1.807) is 12.3 Å². The zero-order valence-electron chi connectivity index (χ0n) is 12.9. The number of fused-ring (bicyclic) bond motifs is 1. The molecule has 0 radical (unpaired) electrons. The quantitative estimate of drug-likeness (QED) is 0.679. The summed E-state index contributed by atoms with van der Waals surface area (Å²) >= 11 is 6.32. The van der Waals surface area contributed by atoms with E-state index < -0.39 is 0 Å². The van der Waals surface area contributed by atoms with Crippen LogP contribution >= 0.6 is 11.6 Å². The van der Waals surface area contributed by atoms with Gasteiger partial charge in [-0.1, -0.05) is 11.6 Å². The average molecular weight is 346 g/mol. The molecule has 0 saturated carbocycles. The first-order chi connectivity index (χ1) is 11.7. The monoisotopic (exact) mass is 345 g/mol. The van der Waals surface area contributed by atoms with Crippen molar-refractivity contribution in [1.82, 2.24) is 20.5 Å². The van der Waals surface area contributed by atoms with E-state index in [9.17, 15) is 4.39 Å². The molecule has 1 aromatic carbocycles. The molecule has 0 atom stereocenters.